The van der Waals surface area contributed by atoms with Gasteiger partial charge in [0.15, 0.2) is 5.78 Å². The molecular weight excluding hydrogens is 388 g/mol. The smallest absolute Gasteiger partial charge is 0.253 e. The molecule has 0 unspecified atom stereocenters. The van der Waals surface area contributed by atoms with Crippen LogP contribution in [0.5, 0.6) is 0 Å². The molecule has 1 amide bonds. The molecule has 2 aromatic carbocycles. The Labute approximate surface area is 183 Å². The Balaban J connectivity index is 1.21. The minimum Gasteiger partial charge on any atom is -0.382 e. The summed E-state index contributed by atoms with van der Waals surface area (Å²) in [5.41, 5.74) is 3.61. The topological polar surface area (TPSA) is 60.9 Å². The molecule has 1 saturated heterocycles. The van der Waals surface area contributed by atoms with Gasteiger partial charge in [-0.2, -0.15) is 0 Å². The van der Waals surface area contributed by atoms with Crippen LogP contribution in [0.3, 0.4) is 0 Å². The van der Waals surface area contributed by atoms with E-state index in [1.54, 1.807) is 0 Å². The lowest BCUT2D eigenvalue weighted by Crippen LogP contribution is -2.42. The van der Waals surface area contributed by atoms with Crippen LogP contribution in [0.4, 0.5) is 5.69 Å². The van der Waals surface area contributed by atoms with Gasteiger partial charge in [0.05, 0.1) is 0 Å². The lowest BCUT2D eigenvalue weighted by atomic mass is 9.88. The van der Waals surface area contributed by atoms with Gasteiger partial charge < -0.3 is 14.9 Å². The molecule has 5 rings (SSSR count). The van der Waals surface area contributed by atoms with Crippen molar-refractivity contribution < 1.29 is 14.7 Å². The first-order valence-corrected chi connectivity index (χ1v) is 11.5. The summed E-state index contributed by atoms with van der Waals surface area (Å²) in [6.07, 6.45) is 4.73. The summed E-state index contributed by atoms with van der Waals surface area (Å²) >= 11 is 0. The lowest BCUT2D eigenvalue weighted by molar-refractivity contribution is -0.134. The second kappa shape index (κ2) is 8.12. The number of amides is 1. The van der Waals surface area contributed by atoms with Crippen LogP contribution in [-0.2, 0) is 17.8 Å². The summed E-state index contributed by atoms with van der Waals surface area (Å²) in [5.74, 6) is -0.0865. The molecule has 0 radical (unpaired) electrons. The van der Waals surface area contributed by atoms with Gasteiger partial charge in [-0.25, -0.2) is 0 Å². The maximum atomic E-state index is 13.0. The summed E-state index contributed by atoms with van der Waals surface area (Å²) in [6, 6.07) is 16.6. The molecule has 5 nitrogen and oxygen atoms in total. The van der Waals surface area contributed by atoms with Crippen LogP contribution >= 0.6 is 0 Å². The van der Waals surface area contributed by atoms with E-state index in [0.717, 1.165) is 31.6 Å². The first-order chi connectivity index (χ1) is 15.0. The van der Waals surface area contributed by atoms with E-state index in [1.165, 1.54) is 11.1 Å². The van der Waals surface area contributed by atoms with Gasteiger partial charge in [0.1, 0.15) is 5.60 Å². The Morgan fingerprint density at radius 1 is 0.903 bits per heavy atom. The zero-order chi connectivity index (χ0) is 21.4. The number of hydrogen-bond donors (Lipinski definition) is 1. The van der Waals surface area contributed by atoms with Crippen molar-refractivity contribution in [3.63, 3.8) is 0 Å². The van der Waals surface area contributed by atoms with Crippen molar-refractivity contribution >= 4 is 17.4 Å². The van der Waals surface area contributed by atoms with Crippen LogP contribution in [-0.4, -0.2) is 46.9 Å². The molecule has 0 spiro atoms. The van der Waals surface area contributed by atoms with Gasteiger partial charge in [-0.1, -0.05) is 24.3 Å². The highest BCUT2D eigenvalue weighted by Gasteiger charge is 2.50. The Morgan fingerprint density at radius 2 is 1.58 bits per heavy atom. The summed E-state index contributed by atoms with van der Waals surface area (Å²) in [5, 5.41) is 10.1. The molecule has 0 aromatic heterocycles. The molecule has 162 valence electrons. The summed E-state index contributed by atoms with van der Waals surface area (Å²) in [6.45, 7) is 3.07. The number of aryl methyl sites for hydroxylation is 1. The number of aliphatic hydroxyl groups is 1. The van der Waals surface area contributed by atoms with E-state index in [9.17, 15) is 14.7 Å². The number of carbonyl (C=O) groups is 2. The number of Topliss-reactive ketones (excluding diaryl/α,β-unsaturated/α-hetero) is 1. The molecule has 1 N–H and O–H groups in total. The van der Waals surface area contributed by atoms with E-state index in [0.29, 0.717) is 44.3 Å². The van der Waals surface area contributed by atoms with E-state index >= 15 is 0 Å². The van der Waals surface area contributed by atoms with Crippen LogP contribution in [0, 0.1) is 5.92 Å². The summed E-state index contributed by atoms with van der Waals surface area (Å²) in [4.78, 5) is 29.6. The summed E-state index contributed by atoms with van der Waals surface area (Å²) in [7, 11) is 0. The Morgan fingerprint density at radius 3 is 2.26 bits per heavy atom. The standard InChI is InChI=1S/C26H30N2O3/c29-24(26(31)13-14-26)20-11-16-27(17-12-20)25(30)21-7-9-23(10-8-21)28-15-3-6-19-4-1-2-5-22(19)18-28/h1-2,4-5,7-10,20,31H,3,6,11-18H2. The predicted molar refractivity (Wildman–Crippen MR) is 120 cm³/mol. The molecule has 5 heteroatoms. The fourth-order valence-corrected chi connectivity index (χ4v) is 5.01. The van der Waals surface area contributed by atoms with Crippen LogP contribution < -0.4 is 4.90 Å². The molecule has 2 fully saturated rings. The third kappa shape index (κ3) is 4.11. The van der Waals surface area contributed by atoms with Crippen molar-refractivity contribution in [2.24, 2.45) is 5.92 Å². The number of ketones is 1. The van der Waals surface area contributed by atoms with Crippen molar-refractivity contribution in [2.75, 3.05) is 24.5 Å². The third-order valence-electron chi connectivity index (χ3n) is 7.17. The van der Waals surface area contributed by atoms with Gasteiger partial charge in [0.25, 0.3) is 5.91 Å². The normalized spacial score (nSPS) is 20.7. The average molecular weight is 419 g/mol. The number of carbonyl (C=O) groups excluding carboxylic acids is 2. The number of piperidine rings is 1. The first-order valence-electron chi connectivity index (χ1n) is 11.5. The largest absolute Gasteiger partial charge is 0.382 e. The molecule has 3 aliphatic rings. The fourth-order valence-electron chi connectivity index (χ4n) is 5.01. The molecule has 1 saturated carbocycles. The van der Waals surface area contributed by atoms with Crippen LogP contribution in [0.15, 0.2) is 48.5 Å². The van der Waals surface area contributed by atoms with Gasteiger partial charge in [0, 0.05) is 43.3 Å². The zero-order valence-corrected chi connectivity index (χ0v) is 17.9. The van der Waals surface area contributed by atoms with Crippen molar-refractivity contribution in [3.8, 4) is 0 Å². The molecule has 1 aliphatic carbocycles. The number of anilines is 1. The zero-order valence-electron chi connectivity index (χ0n) is 17.9. The molecule has 2 aliphatic heterocycles. The third-order valence-corrected chi connectivity index (χ3v) is 7.17. The maximum Gasteiger partial charge on any atom is 0.253 e. The predicted octanol–water partition coefficient (Wildman–Crippen LogP) is 3.59. The minimum atomic E-state index is -1.06. The number of hydrogen-bond acceptors (Lipinski definition) is 4. The van der Waals surface area contributed by atoms with Crippen molar-refractivity contribution in [3.05, 3.63) is 65.2 Å². The van der Waals surface area contributed by atoms with Crippen molar-refractivity contribution in [1.82, 2.24) is 4.90 Å². The van der Waals surface area contributed by atoms with E-state index < -0.39 is 5.60 Å². The number of likely N-dealkylation sites (tertiary alicyclic amines) is 1. The Kier molecular flexibility index (Phi) is 5.30. The average Bonchev–Trinajstić information content (AvgIpc) is 3.60. The maximum absolute atomic E-state index is 13.0. The molecule has 0 bridgehead atoms. The number of benzene rings is 2. The fraction of sp³-hybridized carbons (Fsp3) is 0.462. The minimum absolute atomic E-state index is 0.0111. The molecule has 2 heterocycles. The van der Waals surface area contributed by atoms with Crippen LogP contribution in [0.25, 0.3) is 0 Å². The molecule has 31 heavy (non-hydrogen) atoms. The van der Waals surface area contributed by atoms with E-state index in [1.807, 2.05) is 17.0 Å². The SMILES string of the molecule is O=C(c1ccc(N2CCCc3ccccc3C2)cc1)N1CCC(C(=O)C2(O)CC2)CC1. The van der Waals surface area contributed by atoms with Crippen molar-refractivity contribution in [1.29, 1.82) is 0 Å². The molecule has 0 atom stereocenters. The molecular formula is C26H30N2O3. The van der Waals surface area contributed by atoms with Gasteiger partial charge in [-0.15, -0.1) is 0 Å². The van der Waals surface area contributed by atoms with Gasteiger partial charge in [-0.3, -0.25) is 9.59 Å². The number of rotatable bonds is 4. The first kappa shape index (κ1) is 20.3. The highest BCUT2D eigenvalue weighted by Crippen LogP contribution is 2.40. The van der Waals surface area contributed by atoms with E-state index in [-0.39, 0.29) is 17.6 Å². The molecule has 2 aromatic rings. The second-order valence-electron chi connectivity index (χ2n) is 9.30. The Hall–Kier alpha value is -2.66. The quantitative estimate of drug-likeness (QED) is 0.824. The summed E-state index contributed by atoms with van der Waals surface area (Å²) < 4.78 is 0. The highest BCUT2D eigenvalue weighted by atomic mass is 16.3. The van der Waals surface area contributed by atoms with Crippen LogP contribution in [0.1, 0.15) is 53.6 Å². The van der Waals surface area contributed by atoms with Gasteiger partial charge in [-0.05, 0) is 73.9 Å². The van der Waals surface area contributed by atoms with E-state index in [2.05, 4.69) is 41.3 Å². The van der Waals surface area contributed by atoms with Gasteiger partial charge in [0.2, 0.25) is 0 Å². The number of fused-ring (bicyclic) bond motifs is 1. The second-order valence-corrected chi connectivity index (χ2v) is 9.30. The van der Waals surface area contributed by atoms with Crippen LogP contribution in [0.2, 0.25) is 0 Å². The Bertz CT molecular complexity index is 972. The van der Waals surface area contributed by atoms with Crippen molar-refractivity contribution in [2.45, 2.75) is 50.7 Å². The van der Waals surface area contributed by atoms with E-state index in [4.69, 9.17) is 0 Å². The monoisotopic (exact) mass is 418 g/mol. The lowest BCUT2D eigenvalue weighted by Gasteiger charge is -2.32. The van der Waals surface area contributed by atoms with Gasteiger partial charge >= 0.3 is 0 Å². The number of nitrogens with zero attached hydrogens (tertiary/aromatic N) is 2. The highest BCUT2D eigenvalue weighted by molar-refractivity contribution is 5.95.